The smallest absolute Gasteiger partial charge is 0.160 e. The van der Waals surface area contributed by atoms with Crippen molar-refractivity contribution in [1.29, 1.82) is 0 Å². The highest BCUT2D eigenvalue weighted by molar-refractivity contribution is 5.95. The van der Waals surface area contributed by atoms with Crippen LogP contribution in [0, 0.1) is 6.92 Å². The van der Waals surface area contributed by atoms with Gasteiger partial charge in [-0.05, 0) is 30.5 Å². The molecule has 0 fully saturated rings. The van der Waals surface area contributed by atoms with Gasteiger partial charge in [-0.3, -0.25) is 4.79 Å². The van der Waals surface area contributed by atoms with Crippen molar-refractivity contribution in [3.63, 3.8) is 0 Å². The predicted octanol–water partition coefficient (Wildman–Crippen LogP) is 3.52. The Morgan fingerprint density at radius 3 is 2.88 bits per heavy atom. The Morgan fingerprint density at radius 2 is 2.31 bits per heavy atom. The highest BCUT2D eigenvalue weighted by Gasteiger charge is 2.02. The van der Waals surface area contributed by atoms with Crippen molar-refractivity contribution in [3.8, 4) is 0 Å². The van der Waals surface area contributed by atoms with Crippen molar-refractivity contribution in [2.75, 3.05) is 6.54 Å². The van der Waals surface area contributed by atoms with Gasteiger partial charge in [-0.2, -0.15) is 0 Å². The summed E-state index contributed by atoms with van der Waals surface area (Å²) in [6, 6.07) is 5.62. The number of aryl methyl sites for hydroxylation is 1. The minimum Gasteiger partial charge on any atom is -0.295 e. The van der Waals surface area contributed by atoms with Gasteiger partial charge in [0.05, 0.1) is 0 Å². The zero-order chi connectivity index (χ0) is 12.0. The van der Waals surface area contributed by atoms with Crippen LogP contribution >= 0.6 is 0 Å². The largest absolute Gasteiger partial charge is 0.295 e. The van der Waals surface area contributed by atoms with Crippen LogP contribution in [-0.2, 0) is 0 Å². The van der Waals surface area contributed by atoms with Gasteiger partial charge in [0.1, 0.15) is 0 Å². The Hall–Kier alpha value is -2.06. The Balaban J connectivity index is 2.85. The number of benzene rings is 1. The van der Waals surface area contributed by atoms with Gasteiger partial charge in [-0.1, -0.05) is 35.5 Å². The Labute approximate surface area is 94.2 Å². The summed E-state index contributed by atoms with van der Waals surface area (Å²) in [6.07, 6.45) is 3.65. The Morgan fingerprint density at radius 1 is 1.56 bits per heavy atom. The van der Waals surface area contributed by atoms with E-state index in [9.17, 15) is 4.79 Å². The number of hydrogen-bond donors (Lipinski definition) is 0. The summed E-state index contributed by atoms with van der Waals surface area (Å²) in [5.74, 6) is 0.0714. The first-order valence-electron chi connectivity index (χ1n) is 4.94. The third-order valence-electron chi connectivity index (χ3n) is 2.19. The van der Waals surface area contributed by atoms with E-state index in [1.54, 1.807) is 13.0 Å². The third kappa shape index (κ3) is 3.26. The molecule has 4 heteroatoms. The summed E-state index contributed by atoms with van der Waals surface area (Å²) < 4.78 is 0. The van der Waals surface area contributed by atoms with Crippen molar-refractivity contribution in [2.24, 2.45) is 5.11 Å². The normalized spacial score (nSPS) is 10.1. The molecule has 0 aliphatic carbocycles. The van der Waals surface area contributed by atoms with E-state index in [1.807, 2.05) is 31.2 Å². The van der Waals surface area contributed by atoms with E-state index in [4.69, 9.17) is 5.53 Å². The van der Waals surface area contributed by atoms with Crippen LogP contribution in [0.15, 0.2) is 29.4 Å². The lowest BCUT2D eigenvalue weighted by atomic mass is 10.0. The minimum atomic E-state index is 0.0714. The quantitative estimate of drug-likeness (QED) is 0.328. The molecule has 0 radical (unpaired) electrons. The van der Waals surface area contributed by atoms with E-state index >= 15 is 0 Å². The minimum absolute atomic E-state index is 0.0714. The molecule has 0 bridgehead atoms. The molecule has 0 aliphatic heterocycles. The molecule has 0 spiro atoms. The molecular formula is C12H13N3O. The molecule has 0 saturated heterocycles. The van der Waals surface area contributed by atoms with Gasteiger partial charge in [-0.15, -0.1) is 0 Å². The van der Waals surface area contributed by atoms with Gasteiger partial charge < -0.3 is 0 Å². The highest BCUT2D eigenvalue weighted by Crippen LogP contribution is 2.12. The molecule has 1 aromatic carbocycles. The molecule has 0 unspecified atom stereocenters. The van der Waals surface area contributed by atoms with Crippen LogP contribution < -0.4 is 0 Å². The lowest BCUT2D eigenvalue weighted by Crippen LogP contribution is -1.95. The number of rotatable bonds is 4. The molecule has 0 amide bonds. The first kappa shape index (κ1) is 12.0. The fraction of sp³-hybridized carbons (Fsp3) is 0.250. The molecule has 4 nitrogen and oxygen atoms in total. The van der Waals surface area contributed by atoms with Crippen LogP contribution in [0.1, 0.15) is 28.4 Å². The second-order valence-electron chi connectivity index (χ2n) is 3.45. The molecule has 1 aromatic rings. The SMILES string of the molecule is CC(=O)c1ccc(C=CCN=[N+]=[N-])cc1C. The van der Waals surface area contributed by atoms with Crippen molar-refractivity contribution < 1.29 is 4.79 Å². The van der Waals surface area contributed by atoms with Crippen LogP contribution in [0.4, 0.5) is 0 Å². The third-order valence-corrected chi connectivity index (χ3v) is 2.19. The molecule has 1 rings (SSSR count). The first-order chi connectivity index (χ1) is 7.65. The summed E-state index contributed by atoms with van der Waals surface area (Å²) in [5.41, 5.74) is 10.8. The maximum Gasteiger partial charge on any atom is 0.160 e. The summed E-state index contributed by atoms with van der Waals surface area (Å²) in [5, 5.41) is 3.39. The summed E-state index contributed by atoms with van der Waals surface area (Å²) >= 11 is 0. The molecule has 0 N–H and O–H groups in total. The van der Waals surface area contributed by atoms with Crippen molar-refractivity contribution in [3.05, 3.63) is 51.4 Å². The van der Waals surface area contributed by atoms with Crippen LogP contribution in [-0.4, -0.2) is 12.3 Å². The predicted molar refractivity (Wildman–Crippen MR) is 64.2 cm³/mol. The summed E-state index contributed by atoms with van der Waals surface area (Å²) in [7, 11) is 0. The van der Waals surface area contributed by atoms with Gasteiger partial charge >= 0.3 is 0 Å². The van der Waals surface area contributed by atoms with E-state index in [2.05, 4.69) is 10.0 Å². The molecule has 0 saturated carbocycles. The average molecular weight is 215 g/mol. The number of ketones is 1. The molecule has 0 aromatic heterocycles. The molecular weight excluding hydrogens is 202 g/mol. The first-order valence-corrected chi connectivity index (χ1v) is 4.94. The topological polar surface area (TPSA) is 65.8 Å². The molecule has 0 heterocycles. The van der Waals surface area contributed by atoms with E-state index in [0.29, 0.717) is 6.54 Å². The number of carbonyl (C=O) groups is 1. The van der Waals surface area contributed by atoms with E-state index in [0.717, 1.165) is 16.7 Å². The molecule has 82 valence electrons. The van der Waals surface area contributed by atoms with Crippen molar-refractivity contribution >= 4 is 11.9 Å². The number of azide groups is 1. The lowest BCUT2D eigenvalue weighted by Gasteiger charge is -2.02. The van der Waals surface area contributed by atoms with Gasteiger partial charge in [0.25, 0.3) is 0 Å². The number of Topliss-reactive ketones (excluding diaryl/α,β-unsaturated/α-hetero) is 1. The second kappa shape index (κ2) is 5.73. The van der Waals surface area contributed by atoms with Crippen LogP contribution in [0.5, 0.6) is 0 Å². The van der Waals surface area contributed by atoms with Crippen LogP contribution in [0.3, 0.4) is 0 Å². The lowest BCUT2D eigenvalue weighted by molar-refractivity contribution is 0.101. The fourth-order valence-electron chi connectivity index (χ4n) is 1.46. The maximum atomic E-state index is 11.2. The summed E-state index contributed by atoms with van der Waals surface area (Å²) in [4.78, 5) is 13.9. The molecule has 0 aliphatic rings. The average Bonchev–Trinajstić information content (AvgIpc) is 2.24. The van der Waals surface area contributed by atoms with E-state index in [1.165, 1.54) is 0 Å². The zero-order valence-corrected chi connectivity index (χ0v) is 9.34. The van der Waals surface area contributed by atoms with Gasteiger partial charge in [-0.25, -0.2) is 0 Å². The van der Waals surface area contributed by atoms with Crippen molar-refractivity contribution in [2.45, 2.75) is 13.8 Å². The molecule has 16 heavy (non-hydrogen) atoms. The van der Waals surface area contributed by atoms with Crippen molar-refractivity contribution in [1.82, 2.24) is 0 Å². The summed E-state index contributed by atoms with van der Waals surface area (Å²) in [6.45, 7) is 3.80. The van der Waals surface area contributed by atoms with Gasteiger partial charge in [0.2, 0.25) is 0 Å². The zero-order valence-electron chi connectivity index (χ0n) is 9.34. The van der Waals surface area contributed by atoms with E-state index < -0.39 is 0 Å². The number of nitrogens with zero attached hydrogens (tertiary/aromatic N) is 3. The molecule has 0 atom stereocenters. The second-order valence-corrected chi connectivity index (χ2v) is 3.45. The number of hydrogen-bond acceptors (Lipinski definition) is 2. The Kier molecular flexibility index (Phi) is 4.30. The standard InChI is InChI=1S/C12H13N3O/c1-9-8-11(4-3-7-14-15-13)5-6-12(9)10(2)16/h3-6,8H,7H2,1-2H3. The fourth-order valence-corrected chi connectivity index (χ4v) is 1.46. The Bertz CT molecular complexity index is 471. The maximum absolute atomic E-state index is 11.2. The van der Waals surface area contributed by atoms with Crippen LogP contribution in [0.2, 0.25) is 0 Å². The highest BCUT2D eigenvalue weighted by atomic mass is 16.1. The monoisotopic (exact) mass is 215 g/mol. The van der Waals surface area contributed by atoms with Crippen LogP contribution in [0.25, 0.3) is 16.5 Å². The van der Waals surface area contributed by atoms with E-state index in [-0.39, 0.29) is 5.78 Å². The van der Waals surface area contributed by atoms with Gasteiger partial charge in [0, 0.05) is 17.0 Å². The van der Waals surface area contributed by atoms with Gasteiger partial charge in [0.15, 0.2) is 5.78 Å². The number of carbonyl (C=O) groups excluding carboxylic acids is 1.